The largest absolute Gasteiger partial charge is 0.433 e. The second-order valence-electron chi connectivity index (χ2n) is 9.21. The van der Waals surface area contributed by atoms with E-state index in [4.69, 9.17) is 10.5 Å². The van der Waals surface area contributed by atoms with Gasteiger partial charge in [-0.1, -0.05) is 18.2 Å². The van der Waals surface area contributed by atoms with E-state index in [0.717, 1.165) is 17.3 Å². The summed E-state index contributed by atoms with van der Waals surface area (Å²) in [6.07, 6.45) is 5.36. The first-order valence-electron chi connectivity index (χ1n) is 11.8. The maximum atomic E-state index is 14.8. The number of hydrogen-bond donors (Lipinski definition) is 3. The Morgan fingerprint density at radius 1 is 1.30 bits per heavy atom. The third-order valence-electron chi connectivity index (χ3n) is 6.38. The van der Waals surface area contributed by atoms with Crippen LogP contribution in [0.4, 0.5) is 23.2 Å². The van der Waals surface area contributed by atoms with E-state index in [2.05, 4.69) is 15.6 Å². The van der Waals surface area contributed by atoms with Crippen LogP contribution in [0.15, 0.2) is 76.6 Å². The van der Waals surface area contributed by atoms with E-state index >= 15 is 0 Å². The van der Waals surface area contributed by atoms with Crippen LogP contribution in [-0.2, 0) is 9.53 Å². The second-order valence-corrected chi connectivity index (χ2v) is 9.21. The molecule has 4 rings (SSSR count). The van der Waals surface area contributed by atoms with Crippen molar-refractivity contribution in [2.45, 2.75) is 51.7 Å². The van der Waals surface area contributed by atoms with Gasteiger partial charge in [-0.05, 0) is 74.9 Å². The highest BCUT2D eigenvalue weighted by molar-refractivity contribution is 6.00. The van der Waals surface area contributed by atoms with Crippen LogP contribution in [0.3, 0.4) is 0 Å². The minimum Gasteiger partial charge on any atom is -0.405 e. The standard InChI is InChI=1S/C27H28F4N4O2/c1-14-10-21(22(28)13-23(14)35-26-16(3)37-26)15(2)33-25(36)19-5-4-18-12-20(7-6-17(18)11-19)34-24(8-9-32)27(29,30)31/h5-13,15-16,18,26,35H,4,32H2,1-3H3,(H,33,36)/t15-,16+,18?,26?/m1/s1. The molecule has 1 fully saturated rings. The van der Waals surface area contributed by atoms with Gasteiger partial charge in [0.05, 0.1) is 11.7 Å². The van der Waals surface area contributed by atoms with Crippen LogP contribution in [-0.4, -0.2) is 30.1 Å². The number of hydrogen-bond acceptors (Lipinski definition) is 5. The van der Waals surface area contributed by atoms with Gasteiger partial charge in [0.15, 0.2) is 6.23 Å². The van der Waals surface area contributed by atoms with E-state index in [-0.39, 0.29) is 29.9 Å². The summed E-state index contributed by atoms with van der Waals surface area (Å²) in [6.45, 7) is 5.48. The van der Waals surface area contributed by atoms with Crippen molar-refractivity contribution in [3.63, 3.8) is 0 Å². The molecule has 0 spiro atoms. The molecule has 196 valence electrons. The maximum Gasteiger partial charge on any atom is 0.433 e. The average molecular weight is 517 g/mol. The van der Waals surface area contributed by atoms with Crippen molar-refractivity contribution in [1.29, 1.82) is 0 Å². The number of carbonyl (C=O) groups is 1. The quantitative estimate of drug-likeness (QED) is 0.262. The Labute approximate surface area is 212 Å². The summed E-state index contributed by atoms with van der Waals surface area (Å²) in [7, 11) is 0. The van der Waals surface area contributed by atoms with Crippen molar-refractivity contribution in [2.75, 3.05) is 5.32 Å². The first kappa shape index (κ1) is 26.4. The molecule has 2 unspecified atom stereocenters. The van der Waals surface area contributed by atoms with Crippen molar-refractivity contribution in [1.82, 2.24) is 5.32 Å². The van der Waals surface area contributed by atoms with E-state index in [0.29, 0.717) is 29.3 Å². The normalized spacial score (nSPS) is 24.1. The number of nitrogens with one attached hydrogen (secondary N) is 2. The summed E-state index contributed by atoms with van der Waals surface area (Å²) in [5, 5.41) is 5.97. The zero-order valence-corrected chi connectivity index (χ0v) is 20.6. The van der Waals surface area contributed by atoms with E-state index < -0.39 is 23.7 Å². The van der Waals surface area contributed by atoms with Crippen LogP contribution in [0.25, 0.3) is 0 Å². The molecular formula is C27H28F4N4O2. The Balaban J connectivity index is 1.43. The Morgan fingerprint density at radius 3 is 2.68 bits per heavy atom. The highest BCUT2D eigenvalue weighted by Crippen LogP contribution is 2.33. The third-order valence-corrected chi connectivity index (χ3v) is 6.38. The lowest BCUT2D eigenvalue weighted by Crippen LogP contribution is -2.29. The van der Waals surface area contributed by atoms with E-state index in [1.165, 1.54) is 12.1 Å². The number of halogens is 4. The van der Waals surface area contributed by atoms with Gasteiger partial charge in [-0.3, -0.25) is 4.79 Å². The first-order valence-corrected chi connectivity index (χ1v) is 11.8. The summed E-state index contributed by atoms with van der Waals surface area (Å²) in [4.78, 5) is 16.6. The predicted octanol–water partition coefficient (Wildman–Crippen LogP) is 5.27. The molecule has 1 saturated heterocycles. The number of fused-ring (bicyclic) bond motifs is 1. The van der Waals surface area contributed by atoms with Crippen molar-refractivity contribution in [3.05, 3.63) is 88.6 Å². The fourth-order valence-electron chi connectivity index (χ4n) is 4.21. The molecule has 0 aromatic heterocycles. The molecule has 0 radical (unpaired) electrons. The van der Waals surface area contributed by atoms with Crippen LogP contribution in [0.5, 0.6) is 0 Å². The number of aliphatic imine (C=N–C) groups is 1. The lowest BCUT2D eigenvalue weighted by molar-refractivity contribution is -0.117. The summed E-state index contributed by atoms with van der Waals surface area (Å²) < 4.78 is 59.5. The number of allylic oxidation sites excluding steroid dienone is 6. The molecule has 37 heavy (non-hydrogen) atoms. The summed E-state index contributed by atoms with van der Waals surface area (Å²) in [5.74, 6) is -1.03. The number of carbonyl (C=O) groups excluding carboxylic acids is 1. The lowest BCUT2D eigenvalue weighted by Gasteiger charge is -2.23. The zero-order chi connectivity index (χ0) is 26.9. The Morgan fingerprint density at radius 2 is 2.03 bits per heavy atom. The first-order chi connectivity index (χ1) is 17.5. The number of amides is 1. The second kappa shape index (κ2) is 10.4. The maximum absolute atomic E-state index is 14.8. The number of epoxide rings is 1. The van der Waals surface area contributed by atoms with Crippen molar-refractivity contribution >= 4 is 17.3 Å². The molecule has 3 aliphatic rings. The van der Waals surface area contributed by atoms with Crippen LogP contribution in [0, 0.1) is 18.7 Å². The number of benzene rings is 1. The molecule has 1 heterocycles. The molecule has 0 saturated carbocycles. The minimum atomic E-state index is -4.63. The topological polar surface area (TPSA) is 92.0 Å². The van der Waals surface area contributed by atoms with E-state index in [1.807, 2.05) is 13.8 Å². The van der Waals surface area contributed by atoms with Gasteiger partial charge >= 0.3 is 6.18 Å². The monoisotopic (exact) mass is 516 g/mol. The molecule has 0 bridgehead atoms. The van der Waals surface area contributed by atoms with Gasteiger partial charge < -0.3 is 21.1 Å². The number of aryl methyl sites for hydroxylation is 1. The third kappa shape index (κ3) is 6.19. The molecule has 1 aromatic rings. The number of alkyl halides is 3. The Hall–Kier alpha value is -3.66. The van der Waals surface area contributed by atoms with Gasteiger partial charge in [-0.2, -0.15) is 13.2 Å². The molecule has 10 heteroatoms. The highest BCUT2D eigenvalue weighted by Gasteiger charge is 2.35. The number of nitrogens with zero attached hydrogens (tertiary/aromatic N) is 1. The van der Waals surface area contributed by atoms with Crippen LogP contribution in [0.1, 0.15) is 37.4 Å². The van der Waals surface area contributed by atoms with Crippen molar-refractivity contribution in [3.8, 4) is 0 Å². The van der Waals surface area contributed by atoms with Crippen molar-refractivity contribution in [2.24, 2.45) is 16.6 Å². The Kier molecular flexibility index (Phi) is 7.40. The molecule has 1 amide bonds. The van der Waals surface area contributed by atoms with Gasteiger partial charge in [-0.15, -0.1) is 0 Å². The van der Waals surface area contributed by atoms with Crippen LogP contribution < -0.4 is 16.4 Å². The summed E-state index contributed by atoms with van der Waals surface area (Å²) >= 11 is 0. The zero-order valence-electron chi connectivity index (χ0n) is 20.6. The number of rotatable bonds is 7. The average Bonchev–Trinajstić information content (AvgIpc) is 3.53. The molecule has 1 aliphatic heterocycles. The van der Waals surface area contributed by atoms with Gasteiger partial charge in [0.2, 0.25) is 0 Å². The van der Waals surface area contributed by atoms with Crippen LogP contribution in [0.2, 0.25) is 0 Å². The molecule has 1 aromatic carbocycles. The molecular weight excluding hydrogens is 488 g/mol. The number of ether oxygens (including phenoxy) is 1. The van der Waals surface area contributed by atoms with Gasteiger partial charge in [0, 0.05) is 22.7 Å². The smallest absolute Gasteiger partial charge is 0.405 e. The fourth-order valence-corrected chi connectivity index (χ4v) is 4.21. The molecule has 4 N–H and O–H groups in total. The Bertz CT molecular complexity index is 1270. The minimum absolute atomic E-state index is 0.0809. The van der Waals surface area contributed by atoms with Gasteiger partial charge in [0.1, 0.15) is 17.6 Å². The lowest BCUT2D eigenvalue weighted by atomic mass is 9.84. The molecule has 2 aliphatic carbocycles. The number of anilines is 1. The molecule has 4 atom stereocenters. The summed E-state index contributed by atoms with van der Waals surface area (Å²) in [6, 6.07) is 2.51. The summed E-state index contributed by atoms with van der Waals surface area (Å²) in [5.41, 5.74) is 7.19. The molecule has 6 nitrogen and oxygen atoms in total. The predicted molar refractivity (Wildman–Crippen MR) is 134 cm³/mol. The SMILES string of the molecule is Cc1cc([C@@H](C)NC(=O)C2=CCC3C=C(N=C(C=CN)C(F)(F)F)C=CC3=C2)c(F)cc1NC1O[C@H]1C. The van der Waals surface area contributed by atoms with E-state index in [9.17, 15) is 22.4 Å². The van der Waals surface area contributed by atoms with Crippen LogP contribution >= 0.6 is 0 Å². The van der Waals surface area contributed by atoms with Crippen molar-refractivity contribution < 1.29 is 27.1 Å². The van der Waals surface area contributed by atoms with Gasteiger partial charge in [0.25, 0.3) is 5.91 Å². The number of nitrogens with two attached hydrogens (primary N) is 1. The fraction of sp³-hybridized carbons (Fsp3) is 0.333. The van der Waals surface area contributed by atoms with Gasteiger partial charge in [-0.25, -0.2) is 9.38 Å². The highest BCUT2D eigenvalue weighted by atomic mass is 19.4. The van der Waals surface area contributed by atoms with E-state index in [1.54, 1.807) is 37.3 Å².